The van der Waals surface area contributed by atoms with Crippen LogP contribution in [0.3, 0.4) is 0 Å². The molecular formula is C17H26NP. The number of benzene rings is 1. The molecule has 3 rings (SSSR count). The highest BCUT2D eigenvalue weighted by Crippen LogP contribution is 2.61. The van der Waals surface area contributed by atoms with Crippen molar-refractivity contribution in [1.82, 2.24) is 4.90 Å². The molecule has 0 amide bonds. The zero-order valence-electron chi connectivity index (χ0n) is 12.1. The van der Waals surface area contributed by atoms with Crippen molar-refractivity contribution in [1.29, 1.82) is 0 Å². The van der Waals surface area contributed by atoms with Gasteiger partial charge in [-0.1, -0.05) is 57.5 Å². The molecule has 1 aliphatic heterocycles. The van der Waals surface area contributed by atoms with E-state index in [9.17, 15) is 0 Å². The average molecular weight is 275 g/mol. The van der Waals surface area contributed by atoms with E-state index in [-0.39, 0.29) is 7.92 Å². The van der Waals surface area contributed by atoms with Crippen molar-refractivity contribution in [2.45, 2.75) is 50.0 Å². The van der Waals surface area contributed by atoms with Crippen LogP contribution < -0.4 is 0 Å². The van der Waals surface area contributed by atoms with Crippen molar-refractivity contribution in [3.8, 4) is 0 Å². The van der Waals surface area contributed by atoms with E-state index in [0.717, 1.165) is 11.4 Å². The van der Waals surface area contributed by atoms with Gasteiger partial charge in [-0.25, -0.2) is 0 Å². The molecule has 1 saturated carbocycles. The van der Waals surface area contributed by atoms with Gasteiger partial charge in [0.05, 0.1) is 5.78 Å². The van der Waals surface area contributed by atoms with E-state index in [2.05, 4.69) is 42.3 Å². The van der Waals surface area contributed by atoms with E-state index in [4.69, 9.17) is 0 Å². The third kappa shape index (κ3) is 3.03. The lowest BCUT2D eigenvalue weighted by atomic mass is 10.0. The fraction of sp³-hybridized carbons (Fsp3) is 0.647. The second-order valence-electron chi connectivity index (χ2n) is 6.15. The molecule has 0 radical (unpaired) electrons. The van der Waals surface area contributed by atoms with Gasteiger partial charge in [-0.15, -0.1) is 0 Å². The number of hydrogen-bond acceptors (Lipinski definition) is 1. The third-order valence-corrected chi connectivity index (χ3v) is 8.41. The van der Waals surface area contributed by atoms with E-state index >= 15 is 0 Å². The Labute approximate surface area is 119 Å². The minimum absolute atomic E-state index is 0.157. The molecule has 1 aromatic carbocycles. The molecule has 2 fully saturated rings. The first kappa shape index (κ1) is 13.6. The second kappa shape index (κ2) is 6.37. The fourth-order valence-corrected chi connectivity index (χ4v) is 7.59. The monoisotopic (exact) mass is 275 g/mol. The Balaban J connectivity index is 1.83. The van der Waals surface area contributed by atoms with Crippen LogP contribution in [0.5, 0.6) is 0 Å². The first-order chi connectivity index (χ1) is 9.36. The zero-order valence-corrected chi connectivity index (χ0v) is 13.0. The molecule has 1 nitrogen and oxygen atoms in total. The Bertz CT molecular complexity index is 386. The molecule has 19 heavy (non-hydrogen) atoms. The molecule has 1 aliphatic carbocycles. The summed E-state index contributed by atoms with van der Waals surface area (Å²) < 4.78 is 0. The Morgan fingerprint density at radius 2 is 1.74 bits per heavy atom. The van der Waals surface area contributed by atoms with Crippen LogP contribution in [0.1, 0.15) is 49.9 Å². The first-order valence-electron chi connectivity index (χ1n) is 7.87. The van der Waals surface area contributed by atoms with Gasteiger partial charge in [0.15, 0.2) is 0 Å². The lowest BCUT2D eigenvalue weighted by Crippen LogP contribution is -2.33. The summed E-state index contributed by atoms with van der Waals surface area (Å²) in [6.45, 7) is 1.28. The van der Waals surface area contributed by atoms with Gasteiger partial charge in [0, 0.05) is 0 Å². The minimum atomic E-state index is 0.157. The molecule has 0 spiro atoms. The summed E-state index contributed by atoms with van der Waals surface area (Å²) in [5.41, 5.74) is 2.61. The van der Waals surface area contributed by atoms with E-state index in [1.807, 2.05) is 0 Å². The highest BCUT2D eigenvalue weighted by Gasteiger charge is 2.35. The Hall–Kier alpha value is -0.390. The van der Waals surface area contributed by atoms with Crippen LogP contribution >= 0.6 is 7.92 Å². The Kier molecular flexibility index (Phi) is 4.56. The van der Waals surface area contributed by atoms with E-state index < -0.39 is 0 Å². The maximum absolute atomic E-state index is 2.64. The maximum Gasteiger partial charge on any atom is 0.0546 e. The van der Waals surface area contributed by atoms with E-state index in [1.54, 1.807) is 5.56 Å². The molecular weight excluding hydrogens is 249 g/mol. The summed E-state index contributed by atoms with van der Waals surface area (Å²) in [7, 11) is 2.50. The molecule has 0 aromatic heterocycles. The molecule has 1 saturated heterocycles. The van der Waals surface area contributed by atoms with Crippen molar-refractivity contribution < 1.29 is 0 Å². The van der Waals surface area contributed by atoms with Gasteiger partial charge in [-0.3, -0.25) is 4.90 Å². The molecule has 1 heterocycles. The molecule has 2 unspecified atom stereocenters. The van der Waals surface area contributed by atoms with Crippen LogP contribution in [0.2, 0.25) is 0 Å². The number of nitrogens with zero attached hydrogens (tertiary/aromatic N) is 1. The maximum atomic E-state index is 2.64. The summed E-state index contributed by atoms with van der Waals surface area (Å²) in [4.78, 5) is 2.64. The van der Waals surface area contributed by atoms with Crippen molar-refractivity contribution >= 4 is 7.92 Å². The predicted octanol–water partition coefficient (Wildman–Crippen LogP) is 4.84. The molecule has 0 N–H and O–H groups in total. The van der Waals surface area contributed by atoms with Crippen molar-refractivity contribution in [2.24, 2.45) is 0 Å². The van der Waals surface area contributed by atoms with Crippen molar-refractivity contribution in [3.05, 3.63) is 35.9 Å². The van der Waals surface area contributed by atoms with Gasteiger partial charge >= 0.3 is 0 Å². The molecule has 0 bridgehead atoms. The van der Waals surface area contributed by atoms with Gasteiger partial charge in [0.2, 0.25) is 0 Å². The van der Waals surface area contributed by atoms with Crippen molar-refractivity contribution in [2.75, 3.05) is 19.8 Å². The van der Waals surface area contributed by atoms with Gasteiger partial charge in [-0.05, 0) is 50.2 Å². The summed E-state index contributed by atoms with van der Waals surface area (Å²) in [6, 6.07) is 11.3. The molecule has 1 aromatic rings. The fourth-order valence-electron chi connectivity index (χ4n) is 3.87. The SMILES string of the molecule is CN1CCCP(C2CCCCC2)C1c1ccccc1. The Morgan fingerprint density at radius 1 is 1.00 bits per heavy atom. The molecule has 2 atom stereocenters. The normalized spacial score (nSPS) is 30.4. The van der Waals surface area contributed by atoms with Crippen LogP contribution in [0.15, 0.2) is 30.3 Å². The summed E-state index contributed by atoms with van der Waals surface area (Å²) in [5.74, 6) is 0.730. The second-order valence-corrected chi connectivity index (χ2v) is 8.84. The molecule has 104 valence electrons. The summed E-state index contributed by atoms with van der Waals surface area (Å²) in [6.07, 6.45) is 10.4. The van der Waals surface area contributed by atoms with Crippen LogP contribution in [0.4, 0.5) is 0 Å². The van der Waals surface area contributed by atoms with Gasteiger partial charge < -0.3 is 0 Å². The highest BCUT2D eigenvalue weighted by molar-refractivity contribution is 7.58. The standard InChI is InChI=1S/C17H26NP/c1-18-13-8-14-19(16-11-6-3-7-12-16)17(18)15-9-4-2-5-10-15/h2,4-5,9-10,16-17H,3,6-8,11-14H2,1H3. The third-order valence-electron chi connectivity index (χ3n) is 4.80. The average Bonchev–Trinajstić information content (AvgIpc) is 2.49. The zero-order chi connectivity index (χ0) is 13.1. The predicted molar refractivity (Wildman–Crippen MR) is 85.1 cm³/mol. The lowest BCUT2D eigenvalue weighted by molar-refractivity contribution is 0.297. The number of rotatable bonds is 2. The van der Waals surface area contributed by atoms with Gasteiger partial charge in [0.25, 0.3) is 0 Å². The van der Waals surface area contributed by atoms with E-state index in [0.29, 0.717) is 0 Å². The molecule has 2 aliphatic rings. The largest absolute Gasteiger partial charge is 0.296 e. The summed E-state index contributed by atoms with van der Waals surface area (Å²) >= 11 is 0. The van der Waals surface area contributed by atoms with Crippen LogP contribution in [0, 0.1) is 0 Å². The number of hydrogen-bond donors (Lipinski definition) is 0. The van der Waals surface area contributed by atoms with Crippen molar-refractivity contribution in [3.63, 3.8) is 0 Å². The van der Waals surface area contributed by atoms with Crippen LogP contribution in [0.25, 0.3) is 0 Å². The summed E-state index contributed by atoms with van der Waals surface area (Å²) in [5, 5.41) is 0. The topological polar surface area (TPSA) is 3.24 Å². The van der Waals surface area contributed by atoms with Crippen LogP contribution in [-0.2, 0) is 0 Å². The van der Waals surface area contributed by atoms with Gasteiger partial charge in [0.1, 0.15) is 0 Å². The van der Waals surface area contributed by atoms with Gasteiger partial charge in [-0.2, -0.15) is 0 Å². The highest BCUT2D eigenvalue weighted by atomic mass is 31.1. The minimum Gasteiger partial charge on any atom is -0.296 e. The smallest absolute Gasteiger partial charge is 0.0546 e. The quantitative estimate of drug-likeness (QED) is 0.698. The van der Waals surface area contributed by atoms with Crippen LogP contribution in [-0.4, -0.2) is 30.3 Å². The van der Waals surface area contributed by atoms with E-state index in [1.165, 1.54) is 51.2 Å². The Morgan fingerprint density at radius 3 is 2.47 bits per heavy atom. The lowest BCUT2D eigenvalue weighted by Gasteiger charge is -2.44. The first-order valence-corrected chi connectivity index (χ1v) is 9.54. The molecule has 2 heteroatoms.